The molecule has 1 N–H and O–H groups in total. The van der Waals surface area contributed by atoms with Crippen LogP contribution in [0.3, 0.4) is 0 Å². The fraction of sp³-hybridized carbons (Fsp3) is 1.00. The highest BCUT2D eigenvalue weighted by molar-refractivity contribution is 4.77. The highest BCUT2D eigenvalue weighted by Gasteiger charge is 2.21. The fourth-order valence-corrected chi connectivity index (χ4v) is 2.57. The Kier molecular flexibility index (Phi) is 10.6. The van der Waals surface area contributed by atoms with Crippen LogP contribution < -0.4 is 5.32 Å². The highest BCUT2D eigenvalue weighted by Crippen LogP contribution is 2.15. The van der Waals surface area contributed by atoms with Gasteiger partial charge in [-0.15, -0.1) is 0 Å². The van der Waals surface area contributed by atoms with E-state index in [2.05, 4.69) is 58.7 Å². The van der Waals surface area contributed by atoms with Crippen LogP contribution in [0.5, 0.6) is 0 Å². The molecule has 0 aromatic rings. The van der Waals surface area contributed by atoms with Crippen LogP contribution in [0.1, 0.15) is 67.7 Å². The van der Waals surface area contributed by atoms with E-state index in [-0.39, 0.29) is 0 Å². The Balaban J connectivity index is 4.16. The number of hydrogen-bond acceptors (Lipinski definition) is 2. The molecule has 0 fully saturated rings. The fourth-order valence-electron chi connectivity index (χ4n) is 2.57. The van der Waals surface area contributed by atoms with Gasteiger partial charge in [-0.2, -0.15) is 0 Å². The van der Waals surface area contributed by atoms with Crippen molar-refractivity contribution in [3.63, 3.8) is 0 Å². The summed E-state index contributed by atoms with van der Waals surface area (Å²) in [6.07, 6.45) is 4.01. The molecule has 2 atom stereocenters. The van der Waals surface area contributed by atoms with E-state index in [1.807, 2.05) is 0 Å². The summed E-state index contributed by atoms with van der Waals surface area (Å²) in [6.45, 7) is 19.8. The monoisotopic (exact) mass is 270 g/mol. The third-order valence-electron chi connectivity index (χ3n) is 4.05. The maximum atomic E-state index is 3.60. The molecule has 2 nitrogen and oxygen atoms in total. The van der Waals surface area contributed by atoms with Gasteiger partial charge in [-0.3, -0.25) is 4.90 Å². The van der Waals surface area contributed by atoms with Crippen molar-refractivity contribution in [2.24, 2.45) is 11.8 Å². The summed E-state index contributed by atoms with van der Waals surface area (Å²) >= 11 is 0. The van der Waals surface area contributed by atoms with E-state index in [4.69, 9.17) is 0 Å². The normalized spacial score (nSPS) is 15.5. The van der Waals surface area contributed by atoms with Gasteiger partial charge in [0.2, 0.25) is 0 Å². The Hall–Kier alpha value is -0.0800. The molecule has 0 aliphatic heterocycles. The molecule has 19 heavy (non-hydrogen) atoms. The summed E-state index contributed by atoms with van der Waals surface area (Å²) in [5.74, 6) is 1.45. The largest absolute Gasteiger partial charge is 0.316 e. The lowest BCUT2D eigenvalue weighted by Crippen LogP contribution is -2.45. The molecule has 0 aliphatic carbocycles. The zero-order chi connectivity index (χ0) is 14.8. The van der Waals surface area contributed by atoms with E-state index >= 15 is 0 Å². The van der Waals surface area contributed by atoms with E-state index in [0.29, 0.717) is 18.0 Å². The van der Waals surface area contributed by atoms with Gasteiger partial charge in [-0.05, 0) is 58.7 Å². The van der Waals surface area contributed by atoms with Gasteiger partial charge in [0.15, 0.2) is 0 Å². The molecular formula is C17H38N2. The topological polar surface area (TPSA) is 15.3 Å². The summed E-state index contributed by atoms with van der Waals surface area (Å²) < 4.78 is 0. The van der Waals surface area contributed by atoms with Crippen LogP contribution in [0.4, 0.5) is 0 Å². The molecule has 0 radical (unpaired) electrons. The zero-order valence-electron chi connectivity index (χ0n) is 14.5. The molecule has 0 aromatic carbocycles. The number of rotatable bonds is 11. The molecule has 0 rings (SSSR count). The van der Waals surface area contributed by atoms with Crippen LogP contribution in [-0.2, 0) is 0 Å². The lowest BCUT2D eigenvalue weighted by molar-refractivity contribution is 0.120. The van der Waals surface area contributed by atoms with Gasteiger partial charge in [0.05, 0.1) is 0 Å². The van der Waals surface area contributed by atoms with Crippen molar-refractivity contribution < 1.29 is 0 Å². The second-order valence-electron chi connectivity index (χ2n) is 6.81. The van der Waals surface area contributed by atoms with Crippen molar-refractivity contribution in [1.29, 1.82) is 0 Å². The second-order valence-corrected chi connectivity index (χ2v) is 6.81. The predicted octanol–water partition coefficient (Wildman–Crippen LogP) is 4.16. The maximum Gasteiger partial charge on any atom is 0.0107 e. The molecule has 0 bridgehead atoms. The van der Waals surface area contributed by atoms with Gasteiger partial charge < -0.3 is 5.32 Å². The minimum absolute atomic E-state index is 0.652. The first-order chi connectivity index (χ1) is 8.90. The van der Waals surface area contributed by atoms with Crippen LogP contribution >= 0.6 is 0 Å². The van der Waals surface area contributed by atoms with E-state index in [1.165, 1.54) is 25.8 Å². The standard InChI is InChI=1S/C17H38N2/c1-8-9-10-11-19(15(4)5)17(7)16(6)13-18-12-14(2)3/h14-18H,8-13H2,1-7H3. The molecule has 0 aromatic heterocycles. The van der Waals surface area contributed by atoms with Crippen molar-refractivity contribution in [3.8, 4) is 0 Å². The Labute approximate surface area is 122 Å². The third kappa shape index (κ3) is 8.65. The van der Waals surface area contributed by atoms with E-state index < -0.39 is 0 Å². The molecule has 2 unspecified atom stereocenters. The first-order valence-corrected chi connectivity index (χ1v) is 8.36. The predicted molar refractivity (Wildman–Crippen MR) is 87.7 cm³/mol. The van der Waals surface area contributed by atoms with E-state index in [0.717, 1.165) is 19.0 Å². The Morgan fingerprint density at radius 2 is 1.53 bits per heavy atom. The quantitative estimate of drug-likeness (QED) is 0.567. The average molecular weight is 271 g/mol. The first-order valence-electron chi connectivity index (χ1n) is 8.36. The molecule has 0 aliphatic rings. The molecule has 0 heterocycles. The van der Waals surface area contributed by atoms with Crippen LogP contribution in [0.15, 0.2) is 0 Å². The van der Waals surface area contributed by atoms with Crippen molar-refractivity contribution in [3.05, 3.63) is 0 Å². The van der Waals surface area contributed by atoms with Gasteiger partial charge in [0.25, 0.3) is 0 Å². The van der Waals surface area contributed by atoms with Crippen molar-refractivity contribution in [1.82, 2.24) is 10.2 Å². The van der Waals surface area contributed by atoms with Gasteiger partial charge in [0.1, 0.15) is 0 Å². The smallest absolute Gasteiger partial charge is 0.0107 e. The number of hydrogen-bond donors (Lipinski definition) is 1. The SMILES string of the molecule is CCCCCN(C(C)C)C(C)C(C)CNCC(C)C. The average Bonchev–Trinajstić information content (AvgIpc) is 2.32. The Morgan fingerprint density at radius 3 is 2.00 bits per heavy atom. The van der Waals surface area contributed by atoms with Gasteiger partial charge >= 0.3 is 0 Å². The minimum atomic E-state index is 0.652. The molecule has 0 saturated heterocycles. The lowest BCUT2D eigenvalue weighted by Gasteiger charge is -2.36. The molecular weight excluding hydrogens is 232 g/mol. The summed E-state index contributed by atoms with van der Waals surface area (Å²) in [7, 11) is 0. The Bertz CT molecular complexity index is 201. The minimum Gasteiger partial charge on any atom is -0.316 e. The summed E-state index contributed by atoms with van der Waals surface area (Å²) in [5.41, 5.74) is 0. The molecule has 0 saturated carbocycles. The van der Waals surface area contributed by atoms with Crippen LogP contribution in [0, 0.1) is 11.8 Å². The molecule has 0 amide bonds. The summed E-state index contributed by atoms with van der Waals surface area (Å²) in [4.78, 5) is 2.68. The van der Waals surface area contributed by atoms with Crippen LogP contribution in [0.25, 0.3) is 0 Å². The number of unbranched alkanes of at least 4 members (excludes halogenated alkanes) is 2. The number of nitrogens with one attached hydrogen (secondary N) is 1. The van der Waals surface area contributed by atoms with Crippen molar-refractivity contribution in [2.75, 3.05) is 19.6 Å². The van der Waals surface area contributed by atoms with Gasteiger partial charge in [-0.25, -0.2) is 0 Å². The van der Waals surface area contributed by atoms with Gasteiger partial charge in [-0.1, -0.05) is 40.5 Å². The van der Waals surface area contributed by atoms with Gasteiger partial charge in [0, 0.05) is 12.1 Å². The molecule has 2 heteroatoms. The highest BCUT2D eigenvalue weighted by atomic mass is 15.2. The van der Waals surface area contributed by atoms with E-state index in [9.17, 15) is 0 Å². The van der Waals surface area contributed by atoms with E-state index in [1.54, 1.807) is 0 Å². The first kappa shape index (κ1) is 18.9. The second kappa shape index (κ2) is 10.7. The Morgan fingerprint density at radius 1 is 0.895 bits per heavy atom. The number of nitrogens with zero attached hydrogens (tertiary/aromatic N) is 1. The zero-order valence-corrected chi connectivity index (χ0v) is 14.5. The van der Waals surface area contributed by atoms with Crippen LogP contribution in [0.2, 0.25) is 0 Å². The summed E-state index contributed by atoms with van der Waals surface area (Å²) in [6, 6.07) is 1.32. The summed E-state index contributed by atoms with van der Waals surface area (Å²) in [5, 5.41) is 3.60. The van der Waals surface area contributed by atoms with Crippen molar-refractivity contribution in [2.45, 2.75) is 79.8 Å². The molecule has 0 spiro atoms. The third-order valence-corrected chi connectivity index (χ3v) is 4.05. The molecule has 116 valence electrons. The van der Waals surface area contributed by atoms with Crippen molar-refractivity contribution >= 4 is 0 Å². The lowest BCUT2D eigenvalue weighted by atomic mass is 9.99. The maximum absolute atomic E-state index is 3.60. The van der Waals surface area contributed by atoms with Crippen LogP contribution in [-0.4, -0.2) is 36.6 Å².